The molecular weight excluding hydrogens is 473 g/mol. The van der Waals surface area contributed by atoms with Crippen molar-refractivity contribution in [1.29, 1.82) is 0 Å². The molecule has 0 aromatic heterocycles. The second-order valence-corrected chi connectivity index (χ2v) is 9.73. The van der Waals surface area contributed by atoms with Gasteiger partial charge in [-0.3, -0.25) is 4.79 Å². The lowest BCUT2D eigenvalue weighted by molar-refractivity contribution is -0.147. The Bertz CT molecular complexity index is 980. The first-order chi connectivity index (χ1) is 14.9. The summed E-state index contributed by atoms with van der Waals surface area (Å²) in [5.41, 5.74) is 2.08. The largest absolute Gasteiger partial charge is 0.492 e. The molecule has 1 saturated carbocycles. The summed E-state index contributed by atoms with van der Waals surface area (Å²) in [6.45, 7) is 2.97. The normalized spacial score (nSPS) is 23.6. The van der Waals surface area contributed by atoms with Gasteiger partial charge in [0.1, 0.15) is 18.1 Å². The van der Waals surface area contributed by atoms with Crippen LogP contribution in [0, 0.1) is 5.92 Å². The molecule has 1 aliphatic carbocycles. The van der Waals surface area contributed by atoms with Crippen molar-refractivity contribution in [2.75, 3.05) is 19.7 Å². The van der Waals surface area contributed by atoms with E-state index < -0.39 is 5.97 Å². The molecule has 1 spiro atoms. The van der Waals surface area contributed by atoms with Gasteiger partial charge >= 0.3 is 5.97 Å². The van der Waals surface area contributed by atoms with Crippen LogP contribution >= 0.6 is 35.6 Å². The summed E-state index contributed by atoms with van der Waals surface area (Å²) < 4.78 is 12.0. The van der Waals surface area contributed by atoms with Crippen LogP contribution in [0.1, 0.15) is 36.8 Å². The highest BCUT2D eigenvalue weighted by Gasteiger charge is 2.46. The van der Waals surface area contributed by atoms with Gasteiger partial charge in [-0.05, 0) is 57.0 Å². The molecule has 32 heavy (non-hydrogen) atoms. The van der Waals surface area contributed by atoms with E-state index in [1.807, 2.05) is 18.2 Å². The lowest BCUT2D eigenvalue weighted by Gasteiger charge is -2.46. The van der Waals surface area contributed by atoms with Crippen molar-refractivity contribution in [3.8, 4) is 11.5 Å². The van der Waals surface area contributed by atoms with Gasteiger partial charge in [0.2, 0.25) is 0 Å². The molecule has 8 heteroatoms. The zero-order valence-electron chi connectivity index (χ0n) is 17.6. The summed E-state index contributed by atoms with van der Waals surface area (Å²) in [5, 5.41) is 10.3. The molecule has 2 aliphatic heterocycles. The fourth-order valence-corrected chi connectivity index (χ4v) is 5.59. The minimum atomic E-state index is -0.655. The number of carboxylic acids is 1. The highest BCUT2D eigenvalue weighted by molar-refractivity contribution is 6.35. The van der Waals surface area contributed by atoms with Crippen LogP contribution in [-0.2, 0) is 16.8 Å². The molecule has 5 rings (SSSR count). The summed E-state index contributed by atoms with van der Waals surface area (Å²) in [6, 6.07) is 11.9. The van der Waals surface area contributed by atoms with E-state index in [9.17, 15) is 4.79 Å². The SMILES string of the molecule is Cl.O=C(O)C1CC(N2CCC3(CC2)COc2cc(OCc4c(Cl)cccc4Cl)ccc23)C1. The van der Waals surface area contributed by atoms with Crippen LogP contribution in [-0.4, -0.2) is 41.7 Å². The Labute approximate surface area is 204 Å². The highest BCUT2D eigenvalue weighted by atomic mass is 35.5. The van der Waals surface area contributed by atoms with Gasteiger partial charge in [-0.25, -0.2) is 0 Å². The fourth-order valence-electron chi connectivity index (χ4n) is 5.09. The van der Waals surface area contributed by atoms with E-state index in [0.29, 0.717) is 29.3 Å². The summed E-state index contributed by atoms with van der Waals surface area (Å²) in [5.74, 6) is 0.817. The van der Waals surface area contributed by atoms with Crippen LogP contribution < -0.4 is 9.47 Å². The number of nitrogens with zero attached hydrogens (tertiary/aromatic N) is 1. The molecule has 1 N–H and O–H groups in total. The summed E-state index contributed by atoms with van der Waals surface area (Å²) in [4.78, 5) is 13.5. The number of halogens is 3. The number of carbonyl (C=O) groups is 1. The van der Waals surface area contributed by atoms with Crippen molar-refractivity contribution >= 4 is 41.6 Å². The zero-order valence-corrected chi connectivity index (χ0v) is 19.9. The van der Waals surface area contributed by atoms with Crippen molar-refractivity contribution < 1.29 is 19.4 Å². The van der Waals surface area contributed by atoms with Crippen molar-refractivity contribution in [1.82, 2.24) is 4.90 Å². The van der Waals surface area contributed by atoms with E-state index in [2.05, 4.69) is 11.0 Å². The van der Waals surface area contributed by atoms with E-state index in [1.54, 1.807) is 12.1 Å². The van der Waals surface area contributed by atoms with Crippen molar-refractivity contribution in [2.45, 2.75) is 43.7 Å². The maximum atomic E-state index is 11.1. The summed E-state index contributed by atoms with van der Waals surface area (Å²) in [7, 11) is 0. The molecule has 2 aromatic carbocycles. The number of carboxylic acid groups (broad SMARTS) is 1. The third-order valence-corrected chi connectivity index (χ3v) is 7.92. The van der Waals surface area contributed by atoms with E-state index in [4.69, 9.17) is 37.8 Å². The maximum absolute atomic E-state index is 11.1. The molecule has 0 bridgehead atoms. The molecule has 0 amide bonds. The first kappa shape index (κ1) is 23.5. The molecule has 1 saturated heterocycles. The number of hydrogen-bond acceptors (Lipinski definition) is 4. The Morgan fingerprint density at radius 1 is 1.16 bits per heavy atom. The monoisotopic (exact) mass is 497 g/mol. The molecule has 0 unspecified atom stereocenters. The number of rotatable bonds is 5. The van der Waals surface area contributed by atoms with Gasteiger partial charge in [0, 0.05) is 38.7 Å². The Balaban J connectivity index is 0.00000245. The van der Waals surface area contributed by atoms with E-state index in [1.165, 1.54) is 5.56 Å². The van der Waals surface area contributed by atoms with Crippen LogP contribution in [0.15, 0.2) is 36.4 Å². The number of aliphatic carboxylic acids is 1. The van der Waals surface area contributed by atoms with Crippen LogP contribution in [0.2, 0.25) is 10.0 Å². The minimum Gasteiger partial charge on any atom is -0.492 e. The Morgan fingerprint density at radius 2 is 1.84 bits per heavy atom. The molecule has 172 valence electrons. The second kappa shape index (κ2) is 9.30. The lowest BCUT2D eigenvalue weighted by Crippen LogP contribution is -2.52. The summed E-state index contributed by atoms with van der Waals surface area (Å²) >= 11 is 12.5. The number of hydrogen-bond donors (Lipinski definition) is 1. The lowest BCUT2D eigenvalue weighted by atomic mass is 9.72. The quantitative estimate of drug-likeness (QED) is 0.583. The average Bonchev–Trinajstić information content (AvgIpc) is 3.05. The second-order valence-electron chi connectivity index (χ2n) is 8.91. The van der Waals surface area contributed by atoms with Crippen LogP contribution in [0.25, 0.3) is 0 Å². The predicted octanol–water partition coefficient (Wildman–Crippen LogP) is 5.58. The number of benzene rings is 2. The van der Waals surface area contributed by atoms with Crippen molar-refractivity contribution in [3.63, 3.8) is 0 Å². The number of ether oxygens (including phenoxy) is 2. The van der Waals surface area contributed by atoms with Gasteiger partial charge in [-0.2, -0.15) is 0 Å². The molecule has 2 heterocycles. The standard InChI is InChI=1S/C24H25Cl2NO4.ClH/c25-20-2-1-3-21(26)18(20)13-30-17-4-5-19-22(12-17)31-14-24(19)6-8-27(9-7-24)16-10-15(11-16)23(28)29;/h1-5,12,15-16H,6-11,13-14H2,(H,28,29);1H. The molecule has 0 atom stereocenters. The number of piperidine rings is 1. The number of fused-ring (bicyclic) bond motifs is 2. The van der Waals surface area contributed by atoms with Crippen LogP contribution in [0.5, 0.6) is 11.5 Å². The molecule has 3 aliphatic rings. The van der Waals surface area contributed by atoms with Gasteiger partial charge in [0.05, 0.1) is 12.5 Å². The zero-order chi connectivity index (χ0) is 21.6. The van der Waals surface area contributed by atoms with Crippen LogP contribution in [0.3, 0.4) is 0 Å². The van der Waals surface area contributed by atoms with Gasteiger partial charge in [0.25, 0.3) is 0 Å². The van der Waals surface area contributed by atoms with E-state index in [0.717, 1.165) is 55.8 Å². The van der Waals surface area contributed by atoms with Crippen molar-refractivity contribution in [3.05, 3.63) is 57.6 Å². The molecule has 2 fully saturated rings. The molecule has 0 radical (unpaired) electrons. The van der Waals surface area contributed by atoms with E-state index >= 15 is 0 Å². The first-order valence-electron chi connectivity index (χ1n) is 10.7. The third-order valence-electron chi connectivity index (χ3n) is 7.21. The number of likely N-dealkylation sites (tertiary alicyclic amines) is 1. The highest BCUT2D eigenvalue weighted by Crippen LogP contribution is 2.48. The first-order valence-corrected chi connectivity index (χ1v) is 11.5. The topological polar surface area (TPSA) is 59.0 Å². The maximum Gasteiger partial charge on any atom is 0.306 e. The molecule has 2 aromatic rings. The fraction of sp³-hybridized carbons (Fsp3) is 0.458. The third kappa shape index (κ3) is 4.28. The summed E-state index contributed by atoms with van der Waals surface area (Å²) in [6.07, 6.45) is 3.63. The van der Waals surface area contributed by atoms with Gasteiger partial charge < -0.3 is 19.5 Å². The Hall–Kier alpha value is -1.66. The smallest absolute Gasteiger partial charge is 0.306 e. The molecule has 5 nitrogen and oxygen atoms in total. The Kier molecular flexibility index (Phi) is 6.83. The average molecular weight is 499 g/mol. The molecular formula is C24H26Cl3NO4. The van der Waals surface area contributed by atoms with Crippen LogP contribution in [0.4, 0.5) is 0 Å². The minimum absolute atomic E-state index is 0. The Morgan fingerprint density at radius 3 is 2.50 bits per heavy atom. The van der Waals surface area contributed by atoms with E-state index in [-0.39, 0.29) is 23.7 Å². The van der Waals surface area contributed by atoms with Gasteiger partial charge in [-0.15, -0.1) is 12.4 Å². The van der Waals surface area contributed by atoms with Crippen molar-refractivity contribution in [2.24, 2.45) is 5.92 Å². The van der Waals surface area contributed by atoms with Gasteiger partial charge in [-0.1, -0.05) is 35.3 Å². The van der Waals surface area contributed by atoms with Gasteiger partial charge in [0.15, 0.2) is 0 Å². The predicted molar refractivity (Wildman–Crippen MR) is 127 cm³/mol.